The van der Waals surface area contributed by atoms with E-state index in [-0.39, 0.29) is 5.91 Å². The van der Waals surface area contributed by atoms with Gasteiger partial charge in [0.2, 0.25) is 5.91 Å². The molecule has 15 heavy (non-hydrogen) atoms. The van der Waals surface area contributed by atoms with Crippen molar-refractivity contribution >= 4 is 5.91 Å². The lowest BCUT2D eigenvalue weighted by Crippen LogP contribution is -2.31. The third-order valence-electron chi connectivity index (χ3n) is 2.88. The monoisotopic (exact) mass is 207 g/mol. The first-order valence-electron chi connectivity index (χ1n) is 5.59. The molecule has 1 amide bonds. The Bertz CT molecular complexity index is 339. The predicted molar refractivity (Wildman–Crippen MR) is 57.4 cm³/mol. The van der Waals surface area contributed by atoms with Crippen LogP contribution in [-0.2, 0) is 17.8 Å². The van der Waals surface area contributed by atoms with Crippen molar-refractivity contribution in [1.82, 2.24) is 14.5 Å². The molecule has 1 aliphatic heterocycles. The Hall–Kier alpha value is -1.32. The van der Waals surface area contributed by atoms with Crippen molar-refractivity contribution in [1.29, 1.82) is 0 Å². The topological polar surface area (TPSA) is 38.1 Å². The summed E-state index contributed by atoms with van der Waals surface area (Å²) in [5.74, 6) is 1.21. The fraction of sp³-hybridized carbons (Fsp3) is 0.636. The summed E-state index contributed by atoms with van der Waals surface area (Å²) in [6.45, 7) is 4.35. The fourth-order valence-electron chi connectivity index (χ4n) is 2.01. The Morgan fingerprint density at radius 1 is 1.47 bits per heavy atom. The van der Waals surface area contributed by atoms with Crippen molar-refractivity contribution < 1.29 is 4.79 Å². The minimum atomic E-state index is 0.222. The lowest BCUT2D eigenvalue weighted by Gasteiger charge is -2.16. The quantitative estimate of drug-likeness (QED) is 0.743. The molecule has 0 radical (unpaired) electrons. The zero-order valence-corrected chi connectivity index (χ0v) is 9.15. The molecule has 0 aromatic carbocycles. The maximum absolute atomic E-state index is 11.9. The number of aryl methyl sites for hydroxylation is 1. The van der Waals surface area contributed by atoms with Crippen LogP contribution in [0.1, 0.15) is 25.6 Å². The Morgan fingerprint density at radius 3 is 2.87 bits per heavy atom. The van der Waals surface area contributed by atoms with Gasteiger partial charge in [-0.05, 0) is 12.8 Å². The molecule has 4 heteroatoms. The van der Waals surface area contributed by atoms with E-state index in [9.17, 15) is 4.79 Å². The number of rotatable bonds is 3. The predicted octanol–water partition coefficient (Wildman–Crippen LogP) is 1.07. The van der Waals surface area contributed by atoms with Gasteiger partial charge < -0.3 is 9.47 Å². The zero-order chi connectivity index (χ0) is 10.7. The van der Waals surface area contributed by atoms with Gasteiger partial charge >= 0.3 is 0 Å². The number of likely N-dealkylation sites (tertiary alicyclic amines) is 1. The molecular formula is C11H17N3O. The molecule has 1 saturated heterocycles. The fourth-order valence-corrected chi connectivity index (χ4v) is 2.01. The van der Waals surface area contributed by atoms with Crippen molar-refractivity contribution in [3.8, 4) is 0 Å². The van der Waals surface area contributed by atoms with E-state index in [0.29, 0.717) is 6.54 Å². The van der Waals surface area contributed by atoms with E-state index in [1.807, 2.05) is 15.7 Å². The molecule has 0 spiro atoms. The van der Waals surface area contributed by atoms with Crippen molar-refractivity contribution in [3.63, 3.8) is 0 Å². The van der Waals surface area contributed by atoms with E-state index in [0.717, 1.165) is 38.2 Å². The molecule has 0 saturated carbocycles. The summed E-state index contributed by atoms with van der Waals surface area (Å²) >= 11 is 0. The zero-order valence-electron chi connectivity index (χ0n) is 9.15. The largest absolute Gasteiger partial charge is 0.341 e. The molecule has 0 N–H and O–H groups in total. The van der Waals surface area contributed by atoms with Crippen LogP contribution in [0.2, 0.25) is 0 Å². The van der Waals surface area contributed by atoms with Gasteiger partial charge in [0, 0.05) is 31.9 Å². The number of nitrogens with zero attached hydrogens (tertiary/aromatic N) is 3. The Kier molecular flexibility index (Phi) is 3.04. The molecule has 1 fully saturated rings. The lowest BCUT2D eigenvalue weighted by atomic mass is 10.4. The second kappa shape index (κ2) is 4.47. The number of aromatic nitrogens is 2. The lowest BCUT2D eigenvalue weighted by molar-refractivity contribution is -0.130. The van der Waals surface area contributed by atoms with Crippen LogP contribution in [0.3, 0.4) is 0 Å². The van der Waals surface area contributed by atoms with Crippen molar-refractivity contribution in [2.75, 3.05) is 13.1 Å². The Morgan fingerprint density at radius 2 is 2.20 bits per heavy atom. The summed E-state index contributed by atoms with van der Waals surface area (Å²) in [6, 6.07) is 0. The number of imidazole rings is 1. The van der Waals surface area contributed by atoms with Gasteiger partial charge in [0.1, 0.15) is 12.4 Å². The van der Waals surface area contributed by atoms with Gasteiger partial charge in [0.15, 0.2) is 0 Å². The van der Waals surface area contributed by atoms with Crippen molar-refractivity contribution in [3.05, 3.63) is 18.2 Å². The third-order valence-corrected chi connectivity index (χ3v) is 2.88. The van der Waals surface area contributed by atoms with Crippen LogP contribution in [0.5, 0.6) is 0 Å². The van der Waals surface area contributed by atoms with Crippen LogP contribution in [0.4, 0.5) is 0 Å². The van der Waals surface area contributed by atoms with Crippen LogP contribution in [0.25, 0.3) is 0 Å². The summed E-state index contributed by atoms with van der Waals surface area (Å²) in [6.07, 6.45) is 6.82. The standard InChI is InChI=1S/C11H17N3O/c1-2-10-12-5-8-14(10)9-11(15)13-6-3-4-7-13/h5,8H,2-4,6-7,9H2,1H3. The van der Waals surface area contributed by atoms with Crippen LogP contribution in [-0.4, -0.2) is 33.4 Å². The highest BCUT2D eigenvalue weighted by Gasteiger charge is 2.18. The summed E-state index contributed by atoms with van der Waals surface area (Å²) in [5, 5.41) is 0. The third kappa shape index (κ3) is 2.19. The van der Waals surface area contributed by atoms with Crippen LogP contribution in [0, 0.1) is 0 Å². The Balaban J connectivity index is 1.98. The molecular weight excluding hydrogens is 190 g/mol. The van der Waals surface area contributed by atoms with Gasteiger partial charge in [-0.3, -0.25) is 4.79 Å². The summed E-state index contributed by atoms with van der Waals surface area (Å²) in [5.41, 5.74) is 0. The number of hydrogen-bond donors (Lipinski definition) is 0. The smallest absolute Gasteiger partial charge is 0.242 e. The molecule has 0 atom stereocenters. The molecule has 2 heterocycles. The highest BCUT2D eigenvalue weighted by Crippen LogP contribution is 2.09. The van der Waals surface area contributed by atoms with Crippen LogP contribution < -0.4 is 0 Å². The van der Waals surface area contributed by atoms with Gasteiger partial charge in [-0.15, -0.1) is 0 Å². The average Bonchev–Trinajstić information content (AvgIpc) is 2.87. The number of carbonyl (C=O) groups is 1. The summed E-state index contributed by atoms with van der Waals surface area (Å²) in [4.78, 5) is 18.0. The van der Waals surface area contributed by atoms with E-state index in [1.165, 1.54) is 0 Å². The maximum Gasteiger partial charge on any atom is 0.242 e. The highest BCUT2D eigenvalue weighted by molar-refractivity contribution is 5.76. The van der Waals surface area contributed by atoms with E-state index < -0.39 is 0 Å². The average molecular weight is 207 g/mol. The summed E-state index contributed by atoms with van der Waals surface area (Å²) in [7, 11) is 0. The van der Waals surface area contributed by atoms with Gasteiger partial charge in [-0.25, -0.2) is 4.98 Å². The molecule has 82 valence electrons. The van der Waals surface area contributed by atoms with E-state index >= 15 is 0 Å². The van der Waals surface area contributed by atoms with Crippen LogP contribution in [0.15, 0.2) is 12.4 Å². The maximum atomic E-state index is 11.9. The van der Waals surface area contributed by atoms with Crippen LogP contribution >= 0.6 is 0 Å². The minimum Gasteiger partial charge on any atom is -0.341 e. The second-order valence-electron chi connectivity index (χ2n) is 3.91. The number of hydrogen-bond acceptors (Lipinski definition) is 2. The number of amides is 1. The molecule has 0 aliphatic carbocycles. The second-order valence-corrected chi connectivity index (χ2v) is 3.91. The highest BCUT2D eigenvalue weighted by atomic mass is 16.2. The van der Waals surface area contributed by atoms with E-state index in [2.05, 4.69) is 11.9 Å². The number of carbonyl (C=O) groups excluding carboxylic acids is 1. The first-order chi connectivity index (χ1) is 7.31. The SMILES string of the molecule is CCc1nccn1CC(=O)N1CCCC1. The van der Waals surface area contributed by atoms with Gasteiger partial charge in [-0.2, -0.15) is 0 Å². The first kappa shape index (κ1) is 10.2. The molecule has 1 aliphatic rings. The van der Waals surface area contributed by atoms with Gasteiger partial charge in [0.25, 0.3) is 0 Å². The van der Waals surface area contributed by atoms with Gasteiger partial charge in [-0.1, -0.05) is 6.92 Å². The Labute approximate surface area is 89.9 Å². The van der Waals surface area contributed by atoms with E-state index in [1.54, 1.807) is 6.20 Å². The minimum absolute atomic E-state index is 0.222. The van der Waals surface area contributed by atoms with Crippen molar-refractivity contribution in [2.24, 2.45) is 0 Å². The molecule has 4 nitrogen and oxygen atoms in total. The molecule has 0 unspecified atom stereocenters. The molecule has 2 rings (SSSR count). The molecule has 1 aromatic rings. The van der Waals surface area contributed by atoms with Crippen molar-refractivity contribution in [2.45, 2.75) is 32.7 Å². The van der Waals surface area contributed by atoms with E-state index in [4.69, 9.17) is 0 Å². The first-order valence-corrected chi connectivity index (χ1v) is 5.59. The normalized spacial score (nSPS) is 15.9. The molecule has 0 bridgehead atoms. The van der Waals surface area contributed by atoms with Gasteiger partial charge in [0.05, 0.1) is 0 Å². The summed E-state index contributed by atoms with van der Waals surface area (Å²) < 4.78 is 1.95. The molecule has 1 aromatic heterocycles.